The van der Waals surface area contributed by atoms with Gasteiger partial charge in [0.2, 0.25) is 10.0 Å². The molecule has 0 radical (unpaired) electrons. The van der Waals surface area contributed by atoms with Gasteiger partial charge in [0.1, 0.15) is 6.07 Å². The third kappa shape index (κ3) is 4.78. The van der Waals surface area contributed by atoms with E-state index in [0.717, 1.165) is 11.3 Å². The molecule has 1 fully saturated rings. The van der Waals surface area contributed by atoms with Gasteiger partial charge in [-0.05, 0) is 25.5 Å². The number of piperazine rings is 1. The van der Waals surface area contributed by atoms with Gasteiger partial charge in [0.25, 0.3) is 5.91 Å². The van der Waals surface area contributed by atoms with E-state index in [4.69, 9.17) is 5.26 Å². The average Bonchev–Trinajstić information content (AvgIpc) is 2.61. The number of sulfonamides is 1. The second-order valence-electron chi connectivity index (χ2n) is 6.32. The number of quaternary nitrogens is 1. The summed E-state index contributed by atoms with van der Waals surface area (Å²) in [5.74, 6) is -0.00418. The van der Waals surface area contributed by atoms with E-state index in [1.54, 1.807) is 12.1 Å². The van der Waals surface area contributed by atoms with Crippen molar-refractivity contribution in [3.63, 3.8) is 0 Å². The lowest BCUT2D eigenvalue weighted by Gasteiger charge is -2.31. The van der Waals surface area contributed by atoms with Crippen molar-refractivity contribution in [3.8, 4) is 6.07 Å². The van der Waals surface area contributed by atoms with Gasteiger partial charge in [-0.2, -0.15) is 9.57 Å². The molecule has 7 nitrogen and oxygen atoms in total. The summed E-state index contributed by atoms with van der Waals surface area (Å²) in [6.07, 6.45) is 0.880. The maximum Gasteiger partial charge on any atom is 0.275 e. The van der Waals surface area contributed by atoms with Gasteiger partial charge in [0.05, 0.1) is 36.6 Å². The molecule has 1 heterocycles. The van der Waals surface area contributed by atoms with E-state index < -0.39 is 10.0 Å². The quantitative estimate of drug-likeness (QED) is 0.701. The molecule has 0 unspecified atom stereocenters. The maximum absolute atomic E-state index is 12.8. The van der Waals surface area contributed by atoms with Crippen molar-refractivity contribution in [2.75, 3.05) is 32.7 Å². The van der Waals surface area contributed by atoms with E-state index in [1.807, 2.05) is 19.9 Å². The summed E-state index contributed by atoms with van der Waals surface area (Å²) < 4.78 is 26.9. The highest BCUT2D eigenvalue weighted by atomic mass is 32.2. The summed E-state index contributed by atoms with van der Waals surface area (Å²) in [7, 11) is -3.68. The molecule has 0 spiro atoms. The fourth-order valence-corrected chi connectivity index (χ4v) is 4.38. The molecule has 8 heteroatoms. The first-order valence-corrected chi connectivity index (χ1v) is 9.94. The van der Waals surface area contributed by atoms with Crippen LogP contribution in [0.3, 0.4) is 0 Å². The van der Waals surface area contributed by atoms with Crippen LogP contribution in [0.2, 0.25) is 0 Å². The van der Waals surface area contributed by atoms with E-state index >= 15 is 0 Å². The van der Waals surface area contributed by atoms with Gasteiger partial charge in [0, 0.05) is 6.04 Å². The Morgan fingerprint density at radius 2 is 2.00 bits per heavy atom. The van der Waals surface area contributed by atoms with Crippen molar-refractivity contribution in [2.24, 2.45) is 0 Å². The van der Waals surface area contributed by atoms with E-state index in [9.17, 15) is 13.2 Å². The SMILES string of the molecule is CC[C@@H](C)NC(=O)C[NH+]1CCN(S(=O)(=O)c2ccccc2C#N)CC1. The van der Waals surface area contributed by atoms with Crippen molar-refractivity contribution in [3.05, 3.63) is 29.8 Å². The molecule has 1 aromatic carbocycles. The number of benzene rings is 1. The maximum atomic E-state index is 12.8. The molecule has 1 aliphatic rings. The highest BCUT2D eigenvalue weighted by Gasteiger charge is 2.32. The van der Waals surface area contributed by atoms with Gasteiger partial charge in [-0.25, -0.2) is 8.42 Å². The Balaban J connectivity index is 1.98. The third-order valence-electron chi connectivity index (χ3n) is 4.49. The zero-order valence-electron chi connectivity index (χ0n) is 14.7. The predicted octanol–water partition coefficient (Wildman–Crippen LogP) is -0.638. The zero-order valence-corrected chi connectivity index (χ0v) is 15.5. The smallest absolute Gasteiger partial charge is 0.275 e. The molecule has 1 aliphatic heterocycles. The van der Waals surface area contributed by atoms with Crippen LogP contribution in [-0.2, 0) is 14.8 Å². The van der Waals surface area contributed by atoms with Gasteiger partial charge < -0.3 is 10.2 Å². The van der Waals surface area contributed by atoms with Crippen LogP contribution >= 0.6 is 0 Å². The number of nitrogens with one attached hydrogen (secondary N) is 2. The predicted molar refractivity (Wildman–Crippen MR) is 93.4 cm³/mol. The van der Waals surface area contributed by atoms with Crippen LogP contribution in [-0.4, -0.2) is 57.4 Å². The summed E-state index contributed by atoms with van der Waals surface area (Å²) in [6.45, 7) is 6.16. The second kappa shape index (κ2) is 8.43. The number of carbonyl (C=O) groups excluding carboxylic acids is 1. The molecular weight excluding hydrogens is 340 g/mol. The fourth-order valence-electron chi connectivity index (χ4n) is 2.80. The van der Waals surface area contributed by atoms with Crippen LogP contribution in [0.4, 0.5) is 0 Å². The standard InChI is InChI=1S/C17H24N4O3S/c1-3-14(2)19-17(22)13-20-8-10-21(11-9-20)25(23,24)16-7-5-4-6-15(16)12-18/h4-7,14H,3,8-11,13H2,1-2H3,(H,19,22)/p+1/t14-/m1/s1. The number of hydrogen-bond acceptors (Lipinski definition) is 4. The minimum absolute atomic E-state index is 0.00418. The Morgan fingerprint density at radius 1 is 1.36 bits per heavy atom. The highest BCUT2D eigenvalue weighted by Crippen LogP contribution is 2.19. The minimum Gasteiger partial charge on any atom is -0.349 e. The van der Waals surface area contributed by atoms with E-state index in [0.29, 0.717) is 32.7 Å². The highest BCUT2D eigenvalue weighted by molar-refractivity contribution is 7.89. The molecule has 0 aliphatic carbocycles. The number of rotatable bonds is 6. The van der Waals surface area contributed by atoms with Gasteiger partial charge >= 0.3 is 0 Å². The summed E-state index contributed by atoms with van der Waals surface area (Å²) in [5.41, 5.74) is 0.158. The number of nitrogens with zero attached hydrogens (tertiary/aromatic N) is 2. The molecule has 1 aromatic rings. The Bertz CT molecular complexity index is 749. The second-order valence-corrected chi connectivity index (χ2v) is 8.22. The van der Waals surface area contributed by atoms with Crippen LogP contribution in [0.25, 0.3) is 0 Å². The lowest BCUT2D eigenvalue weighted by Crippen LogP contribution is -3.15. The lowest BCUT2D eigenvalue weighted by atomic mass is 10.2. The van der Waals surface area contributed by atoms with Crippen molar-refractivity contribution >= 4 is 15.9 Å². The monoisotopic (exact) mass is 365 g/mol. The topological polar surface area (TPSA) is 94.7 Å². The van der Waals surface area contributed by atoms with Crippen LogP contribution in [0.5, 0.6) is 0 Å². The normalized spacial score (nSPS) is 17.6. The molecule has 1 atom stereocenters. The first-order chi connectivity index (χ1) is 11.9. The number of nitriles is 1. The molecule has 0 bridgehead atoms. The van der Waals surface area contributed by atoms with Gasteiger partial charge in [0.15, 0.2) is 6.54 Å². The van der Waals surface area contributed by atoms with Crippen LogP contribution in [0.1, 0.15) is 25.8 Å². The zero-order chi connectivity index (χ0) is 18.4. The first-order valence-electron chi connectivity index (χ1n) is 8.50. The van der Waals surface area contributed by atoms with Gasteiger partial charge in [-0.15, -0.1) is 0 Å². The van der Waals surface area contributed by atoms with Gasteiger partial charge in [-0.3, -0.25) is 4.79 Å². The Kier molecular flexibility index (Phi) is 6.53. The summed E-state index contributed by atoms with van der Waals surface area (Å²) >= 11 is 0. The number of amides is 1. The molecular formula is C17H25N4O3S+. The minimum atomic E-state index is -3.68. The van der Waals surface area contributed by atoms with Crippen molar-refractivity contribution in [1.82, 2.24) is 9.62 Å². The summed E-state index contributed by atoms with van der Waals surface area (Å²) in [4.78, 5) is 13.1. The average molecular weight is 365 g/mol. The molecule has 25 heavy (non-hydrogen) atoms. The largest absolute Gasteiger partial charge is 0.349 e. The van der Waals surface area contributed by atoms with Crippen molar-refractivity contribution < 1.29 is 18.1 Å². The van der Waals surface area contributed by atoms with Crippen LogP contribution in [0, 0.1) is 11.3 Å². The summed E-state index contributed by atoms with van der Waals surface area (Å²) in [5, 5.41) is 12.1. The lowest BCUT2D eigenvalue weighted by molar-refractivity contribution is -0.895. The molecule has 0 aromatic heterocycles. The fraction of sp³-hybridized carbons (Fsp3) is 0.529. The molecule has 136 valence electrons. The number of hydrogen-bond donors (Lipinski definition) is 2. The molecule has 1 amide bonds. The van der Waals surface area contributed by atoms with Crippen molar-refractivity contribution in [2.45, 2.75) is 31.2 Å². The van der Waals surface area contributed by atoms with E-state index in [2.05, 4.69) is 5.32 Å². The van der Waals surface area contributed by atoms with Crippen LogP contribution < -0.4 is 10.2 Å². The molecule has 2 N–H and O–H groups in total. The Hall–Kier alpha value is -1.95. The van der Waals surface area contributed by atoms with E-state index in [-0.39, 0.29) is 22.4 Å². The molecule has 2 rings (SSSR count). The van der Waals surface area contributed by atoms with Crippen molar-refractivity contribution in [1.29, 1.82) is 5.26 Å². The first kappa shape index (κ1) is 19.4. The van der Waals surface area contributed by atoms with Gasteiger partial charge in [-0.1, -0.05) is 19.1 Å². The van der Waals surface area contributed by atoms with Crippen LogP contribution in [0.15, 0.2) is 29.2 Å². The molecule has 0 saturated carbocycles. The third-order valence-corrected chi connectivity index (χ3v) is 6.44. The number of carbonyl (C=O) groups is 1. The Morgan fingerprint density at radius 3 is 2.60 bits per heavy atom. The Labute approximate surface area is 149 Å². The molecule has 1 saturated heterocycles. The summed E-state index contributed by atoms with van der Waals surface area (Å²) in [6, 6.07) is 8.32. The van der Waals surface area contributed by atoms with E-state index in [1.165, 1.54) is 16.4 Å².